The number of hydrogen-bond acceptors (Lipinski definition) is 24. The fourth-order valence-corrected chi connectivity index (χ4v) is 9.37. The van der Waals surface area contributed by atoms with E-state index in [2.05, 4.69) is 30.6 Å². The molecule has 9 rings (SSSR count). The molecule has 0 spiro atoms. The number of ether oxygens (including phenoxy) is 5. The van der Waals surface area contributed by atoms with Crippen molar-refractivity contribution in [2.24, 2.45) is 11.7 Å². The molecule has 1 aliphatic heterocycles. The molecule has 8 aromatic rings. The first-order valence-electron chi connectivity index (χ1n) is 32.0. The van der Waals surface area contributed by atoms with Crippen LogP contribution in [0.3, 0.4) is 0 Å². The smallest absolute Gasteiger partial charge is 0.476 e. The number of Topliss-reactive ketones (excluding diaryl/α,β-unsaturated/α-hetero) is 1. The molecule has 26 nitrogen and oxygen atoms in total. The molecule has 28 heteroatoms. The normalized spacial score (nSPS) is 13.4. The van der Waals surface area contributed by atoms with Crippen molar-refractivity contribution in [2.45, 2.75) is 111 Å². The summed E-state index contributed by atoms with van der Waals surface area (Å²) in [6, 6.07) is 47.7. The highest BCUT2D eigenvalue weighted by atomic mass is 35.5. The van der Waals surface area contributed by atoms with E-state index in [1.165, 1.54) is 30.3 Å². The molecular formula is C73H81BClN7O19. The molecule has 0 unspecified atom stereocenters. The quantitative estimate of drug-likeness (QED) is 0.0163. The Balaban J connectivity index is 0.000000241. The number of hydrogen-bond donors (Lipinski definition) is 5. The van der Waals surface area contributed by atoms with E-state index in [1.54, 1.807) is 101 Å². The van der Waals surface area contributed by atoms with Gasteiger partial charge in [0.2, 0.25) is 0 Å². The highest BCUT2D eigenvalue weighted by molar-refractivity contribution is 6.63. The van der Waals surface area contributed by atoms with Crippen LogP contribution in [0.2, 0.25) is 5.15 Å². The Kier molecular flexibility index (Phi) is 32.5. The van der Waals surface area contributed by atoms with Crippen LogP contribution in [0.25, 0.3) is 22.5 Å². The number of halogens is 1. The van der Waals surface area contributed by atoms with Gasteiger partial charge in [-0.2, -0.15) is 0 Å². The van der Waals surface area contributed by atoms with E-state index in [1.807, 2.05) is 100 Å². The van der Waals surface area contributed by atoms with Crippen molar-refractivity contribution in [3.63, 3.8) is 0 Å². The number of aromatic carboxylic acids is 2. The van der Waals surface area contributed by atoms with Crippen LogP contribution in [0.15, 0.2) is 170 Å². The number of aliphatic hydroxyl groups is 2. The van der Waals surface area contributed by atoms with Crippen molar-refractivity contribution in [3.8, 4) is 22.5 Å². The highest BCUT2D eigenvalue weighted by Crippen LogP contribution is 2.37. The molecule has 0 saturated carbocycles. The average Bonchev–Trinajstić information content (AvgIpc) is 1.63. The van der Waals surface area contributed by atoms with Crippen LogP contribution in [0.1, 0.15) is 142 Å². The second-order valence-electron chi connectivity index (χ2n) is 22.7. The summed E-state index contributed by atoms with van der Waals surface area (Å²) in [6.07, 6.45) is -2.09. The second kappa shape index (κ2) is 40.5. The highest BCUT2D eigenvalue weighted by Gasteiger charge is 2.52. The summed E-state index contributed by atoms with van der Waals surface area (Å²) in [4.78, 5) is 93.4. The minimum atomic E-state index is -1.46. The SMILES string of the molecule is CCOC(=O)[C@H](O)[C@H](N)Cc1ccccc1.CCOC(=O)c1ccccc1-c1ccc(C(=O)C[C@H](Cc2ccccc2)[C@@H](O)C(=O)OCC)nn1.CCOC(=O)c1ccccc1-c1ccc(C(=O)O)nn1.CCOC(=O)c1ccccc1B1OC(C)(C)C(C)(C)O1.O=C(O)c1ccc(Cl)nn1. The summed E-state index contributed by atoms with van der Waals surface area (Å²) in [7, 11) is -0.555. The van der Waals surface area contributed by atoms with Crippen LogP contribution >= 0.6 is 11.6 Å². The first-order valence-corrected chi connectivity index (χ1v) is 32.4. The van der Waals surface area contributed by atoms with E-state index in [9.17, 15) is 48.6 Å². The minimum Gasteiger partial charge on any atom is -0.476 e. The van der Waals surface area contributed by atoms with Crippen LogP contribution < -0.4 is 11.2 Å². The van der Waals surface area contributed by atoms with Gasteiger partial charge < -0.3 is 59.2 Å². The van der Waals surface area contributed by atoms with Gasteiger partial charge >= 0.3 is 48.9 Å². The molecular weight excluding hydrogens is 1330 g/mol. The molecule has 3 aromatic heterocycles. The molecule has 101 heavy (non-hydrogen) atoms. The topological polar surface area (TPSA) is 385 Å². The number of esters is 5. The summed E-state index contributed by atoms with van der Waals surface area (Å²) in [5, 5.41) is 59.7. The number of rotatable bonds is 24. The second-order valence-corrected chi connectivity index (χ2v) is 23.1. The standard InChI is InChI=1S/C27H28N2O6.C15H21BO4.C14H12N2O4.C12H17NO3.C5H3ClN2O2/c1-3-34-26(32)21-13-9-8-12-20(21)22-14-15-23(29-28-22)24(30)17-19(25(31)27(33)35-4-2)16-18-10-6-5-7-11-18;1-6-18-13(17)11-9-7-8-10-12(11)16-19-14(2,3)15(4,5)20-16;1-2-20-14(19)10-6-4-3-5-9(10)11-7-8-12(13(17)18)16-15-11;1-2-16-12(15)11(14)10(13)8-9-6-4-3-5-7-9;6-4-2-1-3(5(9)10)7-8-4/h5-15,19,25,31H,3-4,16-17H2,1-2H3;7-10H,6H2,1-5H3;3-8H,2H2,1H3,(H,17,18);3-7,10-11,14H,2,8,13H2,1H3;1-2H,(H,9,10)/t19-,25+;;;10-,11-;/m0..1./s1. The van der Waals surface area contributed by atoms with Gasteiger partial charge in [0, 0.05) is 29.5 Å². The molecule has 1 aliphatic rings. The Morgan fingerprint density at radius 2 is 0.832 bits per heavy atom. The van der Waals surface area contributed by atoms with Gasteiger partial charge in [0.1, 0.15) is 5.69 Å². The zero-order valence-electron chi connectivity index (χ0n) is 57.3. The third kappa shape index (κ3) is 24.7. The summed E-state index contributed by atoms with van der Waals surface area (Å²) in [5.74, 6) is -6.02. The van der Waals surface area contributed by atoms with Gasteiger partial charge in [-0.25, -0.2) is 33.6 Å². The lowest BCUT2D eigenvalue weighted by Gasteiger charge is -2.32. The van der Waals surface area contributed by atoms with Crippen LogP contribution in [0, 0.1) is 5.92 Å². The molecule has 0 bridgehead atoms. The van der Waals surface area contributed by atoms with Gasteiger partial charge in [0.05, 0.1) is 72.3 Å². The number of aromatic nitrogens is 6. The number of nitrogens with two attached hydrogens (primary N) is 1. The third-order valence-corrected chi connectivity index (χ3v) is 15.3. The van der Waals surface area contributed by atoms with Crippen molar-refractivity contribution in [2.75, 3.05) is 33.0 Å². The van der Waals surface area contributed by atoms with E-state index >= 15 is 0 Å². The first-order chi connectivity index (χ1) is 48.2. The summed E-state index contributed by atoms with van der Waals surface area (Å²) in [6.45, 7) is 17.8. The molecule has 6 N–H and O–H groups in total. The van der Waals surface area contributed by atoms with E-state index in [-0.39, 0.29) is 66.8 Å². The number of carbonyl (C=O) groups is 8. The third-order valence-electron chi connectivity index (χ3n) is 15.1. The van der Waals surface area contributed by atoms with E-state index in [0.29, 0.717) is 64.1 Å². The Labute approximate surface area is 589 Å². The van der Waals surface area contributed by atoms with E-state index < -0.39 is 78.3 Å². The van der Waals surface area contributed by atoms with E-state index in [4.69, 9.17) is 60.5 Å². The van der Waals surface area contributed by atoms with Crippen LogP contribution in [-0.2, 0) is 55.4 Å². The molecule has 1 fully saturated rings. The maximum atomic E-state index is 13.0. The zero-order chi connectivity index (χ0) is 74.2. The fourth-order valence-electron chi connectivity index (χ4n) is 9.27. The first kappa shape index (κ1) is 81.1. The lowest BCUT2D eigenvalue weighted by molar-refractivity contribution is -0.156. The van der Waals surface area contributed by atoms with Gasteiger partial charge in [0.15, 0.2) is 34.5 Å². The number of benzene rings is 5. The Hall–Kier alpha value is -10.5. The van der Waals surface area contributed by atoms with Gasteiger partial charge in [-0.15, -0.1) is 30.6 Å². The van der Waals surface area contributed by atoms with Gasteiger partial charge in [-0.3, -0.25) is 4.79 Å². The largest absolute Gasteiger partial charge is 0.495 e. The molecule has 1 saturated heterocycles. The van der Waals surface area contributed by atoms with E-state index in [0.717, 1.165) is 11.1 Å². The Morgan fingerprint density at radius 1 is 0.455 bits per heavy atom. The lowest BCUT2D eigenvalue weighted by Crippen LogP contribution is -2.42. The molecule has 5 aromatic carbocycles. The van der Waals surface area contributed by atoms with Crippen molar-refractivity contribution in [3.05, 3.63) is 220 Å². The average molecular weight is 1410 g/mol. The minimum absolute atomic E-state index is 0.0940. The van der Waals surface area contributed by atoms with Gasteiger partial charge in [-0.05, 0) is 146 Å². The van der Waals surface area contributed by atoms with Gasteiger partial charge in [0.25, 0.3) is 0 Å². The fraction of sp³-hybridized carbons (Fsp3) is 0.315. The van der Waals surface area contributed by atoms with Crippen LogP contribution in [-0.4, -0.2) is 168 Å². The number of carboxylic acids is 2. The Morgan fingerprint density at radius 3 is 1.25 bits per heavy atom. The number of carboxylic acid groups (broad SMARTS) is 2. The predicted octanol–water partition coefficient (Wildman–Crippen LogP) is 9.17. The van der Waals surface area contributed by atoms with Crippen LogP contribution in [0.5, 0.6) is 0 Å². The number of carbonyl (C=O) groups excluding carboxylic acids is 6. The number of ketones is 1. The lowest BCUT2D eigenvalue weighted by atomic mass is 9.76. The number of nitrogens with zero attached hydrogens (tertiary/aromatic N) is 6. The van der Waals surface area contributed by atoms with Crippen molar-refractivity contribution >= 4 is 71.8 Å². The van der Waals surface area contributed by atoms with Crippen molar-refractivity contribution in [1.29, 1.82) is 0 Å². The maximum Gasteiger partial charge on any atom is 0.495 e. The van der Waals surface area contributed by atoms with Crippen LogP contribution in [0.4, 0.5) is 0 Å². The monoisotopic (exact) mass is 1410 g/mol. The molecule has 4 atom stereocenters. The molecule has 0 amide bonds. The van der Waals surface area contributed by atoms with Gasteiger partial charge in [-0.1, -0.05) is 127 Å². The van der Waals surface area contributed by atoms with Crippen molar-refractivity contribution in [1.82, 2.24) is 30.6 Å². The molecule has 0 radical (unpaired) electrons. The zero-order valence-corrected chi connectivity index (χ0v) is 58.0. The summed E-state index contributed by atoms with van der Waals surface area (Å²) in [5.41, 5.74) is 10.4. The number of aliphatic hydroxyl groups excluding tert-OH is 2. The molecule has 532 valence electrons. The van der Waals surface area contributed by atoms with Crippen molar-refractivity contribution < 1.29 is 91.8 Å². The summed E-state index contributed by atoms with van der Waals surface area (Å²) < 4.78 is 36.8. The summed E-state index contributed by atoms with van der Waals surface area (Å²) >= 11 is 5.35. The molecule has 4 heterocycles. The maximum absolute atomic E-state index is 13.0. The Bertz CT molecular complexity index is 3990. The molecule has 0 aliphatic carbocycles. The predicted molar refractivity (Wildman–Crippen MR) is 372 cm³/mol.